The summed E-state index contributed by atoms with van der Waals surface area (Å²) in [6, 6.07) is 0. The first kappa shape index (κ1) is 12.1. The fourth-order valence-corrected chi connectivity index (χ4v) is 2.45. The lowest BCUT2D eigenvalue weighted by Crippen LogP contribution is -2.14. The Kier molecular flexibility index (Phi) is 5.67. The molecule has 14 heavy (non-hydrogen) atoms. The van der Waals surface area contributed by atoms with Gasteiger partial charge in [-0.25, -0.2) is 4.98 Å². The highest BCUT2D eigenvalue weighted by Crippen LogP contribution is 2.15. The van der Waals surface area contributed by atoms with E-state index in [4.69, 9.17) is 0 Å². The van der Waals surface area contributed by atoms with E-state index in [2.05, 4.69) is 40.1 Å². The van der Waals surface area contributed by atoms with E-state index in [0.29, 0.717) is 0 Å². The second kappa shape index (κ2) is 6.53. The lowest BCUT2D eigenvalue weighted by molar-refractivity contribution is 0.642. The van der Waals surface area contributed by atoms with Crippen LogP contribution in [0.5, 0.6) is 0 Å². The maximum Gasteiger partial charge on any atom is 0.107 e. The Morgan fingerprint density at radius 1 is 1.36 bits per heavy atom. The molecule has 0 spiro atoms. The van der Waals surface area contributed by atoms with Gasteiger partial charge in [-0.1, -0.05) is 15.9 Å². The minimum Gasteiger partial charge on any atom is -0.310 e. The highest BCUT2D eigenvalue weighted by Gasteiger charge is 2.01. The van der Waals surface area contributed by atoms with Crippen molar-refractivity contribution < 1.29 is 0 Å². The van der Waals surface area contributed by atoms with Gasteiger partial charge in [-0.3, -0.25) is 0 Å². The van der Waals surface area contributed by atoms with Gasteiger partial charge in [-0.15, -0.1) is 11.3 Å². The average Bonchev–Trinajstić information content (AvgIpc) is 2.46. The molecule has 0 radical (unpaired) electrons. The zero-order valence-electron chi connectivity index (χ0n) is 8.77. The Balaban J connectivity index is 2.18. The third-order valence-corrected chi connectivity index (χ3v) is 3.72. The van der Waals surface area contributed by atoms with Gasteiger partial charge >= 0.3 is 0 Å². The predicted octanol–water partition coefficient (Wildman–Crippen LogP) is 3.02. The Hall–Kier alpha value is 0.0700. The molecule has 1 N–H and O–H groups in total. The summed E-state index contributed by atoms with van der Waals surface area (Å²) in [6.45, 7) is 6.20. The largest absolute Gasteiger partial charge is 0.310 e. The molecule has 1 rings (SSSR count). The molecule has 0 aliphatic carbocycles. The quantitative estimate of drug-likeness (QED) is 0.638. The van der Waals surface area contributed by atoms with E-state index in [1.165, 1.54) is 28.4 Å². The third kappa shape index (κ3) is 4.07. The van der Waals surface area contributed by atoms with E-state index < -0.39 is 0 Å². The number of alkyl halides is 1. The molecular weight excluding hydrogens is 260 g/mol. The van der Waals surface area contributed by atoms with E-state index in [0.717, 1.165) is 18.4 Å². The molecule has 0 atom stereocenters. The van der Waals surface area contributed by atoms with Gasteiger partial charge in [0.2, 0.25) is 0 Å². The van der Waals surface area contributed by atoms with Gasteiger partial charge < -0.3 is 5.32 Å². The molecule has 0 fully saturated rings. The van der Waals surface area contributed by atoms with E-state index in [-0.39, 0.29) is 0 Å². The first-order chi connectivity index (χ1) is 6.74. The molecule has 0 unspecified atom stereocenters. The molecule has 0 bridgehead atoms. The molecule has 1 aromatic heterocycles. The van der Waals surface area contributed by atoms with E-state index in [1.54, 1.807) is 11.3 Å². The topological polar surface area (TPSA) is 24.9 Å². The second-order valence-electron chi connectivity index (χ2n) is 3.32. The van der Waals surface area contributed by atoms with Gasteiger partial charge in [0.15, 0.2) is 0 Å². The lowest BCUT2D eigenvalue weighted by Gasteiger charge is -2.00. The second-order valence-corrected chi connectivity index (χ2v) is 5.40. The predicted molar refractivity (Wildman–Crippen MR) is 66.3 cm³/mol. The van der Waals surface area contributed by atoms with Crippen LogP contribution in [-0.2, 0) is 6.54 Å². The first-order valence-electron chi connectivity index (χ1n) is 4.93. The Bertz CT molecular complexity index is 254. The molecule has 1 aromatic rings. The Morgan fingerprint density at radius 2 is 2.14 bits per heavy atom. The van der Waals surface area contributed by atoms with Crippen LogP contribution in [0.4, 0.5) is 0 Å². The number of hydrogen-bond acceptors (Lipinski definition) is 3. The van der Waals surface area contributed by atoms with Crippen LogP contribution in [0, 0.1) is 13.8 Å². The van der Waals surface area contributed by atoms with Crippen molar-refractivity contribution in [1.29, 1.82) is 0 Å². The minimum absolute atomic E-state index is 0.918. The number of halogens is 1. The zero-order chi connectivity index (χ0) is 10.4. The van der Waals surface area contributed by atoms with Crippen LogP contribution in [0.25, 0.3) is 0 Å². The monoisotopic (exact) mass is 276 g/mol. The SMILES string of the molecule is Cc1nc(CNCCCCBr)sc1C. The van der Waals surface area contributed by atoms with E-state index in [1.807, 2.05) is 0 Å². The smallest absolute Gasteiger partial charge is 0.107 e. The number of unbranched alkanes of at least 4 members (excludes halogenated alkanes) is 1. The number of aromatic nitrogens is 1. The fourth-order valence-electron chi connectivity index (χ4n) is 1.15. The number of hydrogen-bond donors (Lipinski definition) is 1. The molecule has 0 aliphatic rings. The normalized spacial score (nSPS) is 10.8. The lowest BCUT2D eigenvalue weighted by atomic mass is 10.3. The third-order valence-electron chi connectivity index (χ3n) is 2.09. The number of aryl methyl sites for hydroxylation is 2. The molecule has 4 heteroatoms. The number of nitrogens with one attached hydrogen (secondary N) is 1. The summed E-state index contributed by atoms with van der Waals surface area (Å²) in [5, 5.41) is 5.71. The molecule has 1 heterocycles. The highest BCUT2D eigenvalue weighted by atomic mass is 79.9. The molecule has 0 saturated heterocycles. The maximum atomic E-state index is 4.47. The number of rotatable bonds is 6. The van der Waals surface area contributed by atoms with Crippen LogP contribution in [0.3, 0.4) is 0 Å². The summed E-state index contributed by atoms with van der Waals surface area (Å²) in [6.07, 6.45) is 2.47. The van der Waals surface area contributed by atoms with Gasteiger partial charge in [0.25, 0.3) is 0 Å². The van der Waals surface area contributed by atoms with Crippen molar-refractivity contribution in [2.45, 2.75) is 33.2 Å². The van der Waals surface area contributed by atoms with Gasteiger partial charge in [-0.2, -0.15) is 0 Å². The first-order valence-corrected chi connectivity index (χ1v) is 6.87. The molecule has 0 aromatic carbocycles. The zero-order valence-corrected chi connectivity index (χ0v) is 11.2. The summed E-state index contributed by atoms with van der Waals surface area (Å²) in [5.41, 5.74) is 1.17. The summed E-state index contributed by atoms with van der Waals surface area (Å²) in [5.74, 6) is 0. The molecule has 2 nitrogen and oxygen atoms in total. The minimum atomic E-state index is 0.918. The van der Waals surface area contributed by atoms with Gasteiger partial charge in [0.1, 0.15) is 5.01 Å². The Labute approximate surface area is 98.3 Å². The van der Waals surface area contributed by atoms with Crippen LogP contribution < -0.4 is 5.32 Å². The summed E-state index contributed by atoms with van der Waals surface area (Å²) in [4.78, 5) is 5.81. The van der Waals surface area contributed by atoms with Crippen molar-refractivity contribution in [1.82, 2.24) is 10.3 Å². The van der Waals surface area contributed by atoms with E-state index >= 15 is 0 Å². The molecule has 0 amide bonds. The standard InChI is InChI=1S/C10H17BrN2S/c1-8-9(2)14-10(13-8)7-12-6-4-3-5-11/h12H,3-7H2,1-2H3. The maximum absolute atomic E-state index is 4.47. The van der Waals surface area contributed by atoms with Crippen molar-refractivity contribution >= 4 is 27.3 Å². The van der Waals surface area contributed by atoms with Crippen LogP contribution in [-0.4, -0.2) is 16.9 Å². The Morgan fingerprint density at radius 3 is 2.71 bits per heavy atom. The van der Waals surface area contributed by atoms with Gasteiger partial charge in [0.05, 0.1) is 5.69 Å². The molecular formula is C10H17BrN2S. The van der Waals surface area contributed by atoms with Crippen molar-refractivity contribution in [3.05, 3.63) is 15.6 Å². The van der Waals surface area contributed by atoms with Gasteiger partial charge in [-0.05, 0) is 33.2 Å². The molecule has 80 valence electrons. The average molecular weight is 277 g/mol. The van der Waals surface area contributed by atoms with Crippen molar-refractivity contribution in [2.24, 2.45) is 0 Å². The fraction of sp³-hybridized carbons (Fsp3) is 0.700. The van der Waals surface area contributed by atoms with Crippen LogP contribution in [0.1, 0.15) is 28.4 Å². The molecule has 0 saturated carbocycles. The van der Waals surface area contributed by atoms with Crippen molar-refractivity contribution in [3.8, 4) is 0 Å². The summed E-state index contributed by atoms with van der Waals surface area (Å²) < 4.78 is 0. The van der Waals surface area contributed by atoms with Crippen LogP contribution >= 0.6 is 27.3 Å². The van der Waals surface area contributed by atoms with Crippen molar-refractivity contribution in [3.63, 3.8) is 0 Å². The van der Waals surface area contributed by atoms with Crippen LogP contribution in [0.15, 0.2) is 0 Å². The summed E-state index contributed by atoms with van der Waals surface area (Å²) in [7, 11) is 0. The molecule has 0 aliphatic heterocycles. The number of thiazole rings is 1. The van der Waals surface area contributed by atoms with Gasteiger partial charge in [0, 0.05) is 16.8 Å². The van der Waals surface area contributed by atoms with Crippen LogP contribution in [0.2, 0.25) is 0 Å². The highest BCUT2D eigenvalue weighted by molar-refractivity contribution is 9.09. The van der Waals surface area contributed by atoms with Crippen molar-refractivity contribution in [2.75, 3.05) is 11.9 Å². The summed E-state index contributed by atoms with van der Waals surface area (Å²) >= 11 is 5.22. The van der Waals surface area contributed by atoms with E-state index in [9.17, 15) is 0 Å². The number of nitrogens with zero attached hydrogens (tertiary/aromatic N) is 1.